The number of amides is 1. The number of aliphatic hydroxyl groups excluding tert-OH is 1. The molecule has 6 heteroatoms. The molecule has 1 N–H and O–H groups in total. The van der Waals surface area contributed by atoms with Crippen LogP contribution in [0, 0.1) is 0 Å². The Labute approximate surface area is 162 Å². The zero-order valence-corrected chi connectivity index (χ0v) is 16.0. The number of carbonyl (C=O) groups excluding carboxylic acids is 1. The molecule has 1 amide bonds. The van der Waals surface area contributed by atoms with Crippen LogP contribution in [0.5, 0.6) is 5.75 Å². The number of ether oxygens (including phenoxy) is 1. The highest BCUT2D eigenvalue weighted by atomic mass is 35.5. The summed E-state index contributed by atoms with van der Waals surface area (Å²) in [5, 5.41) is 11.5. The van der Waals surface area contributed by atoms with Crippen molar-refractivity contribution >= 4 is 29.1 Å². The molecule has 1 aliphatic heterocycles. The average Bonchev–Trinajstić information content (AvgIpc) is 2.86. The van der Waals surface area contributed by atoms with Crippen LogP contribution in [-0.4, -0.2) is 30.1 Å². The molecule has 2 aromatic carbocycles. The van der Waals surface area contributed by atoms with Crippen molar-refractivity contribution in [3.8, 4) is 5.75 Å². The highest BCUT2D eigenvalue weighted by Gasteiger charge is 2.37. The summed E-state index contributed by atoms with van der Waals surface area (Å²) in [6.07, 6.45) is 1.39. The maximum absolute atomic E-state index is 12.5. The molecule has 1 aliphatic rings. The van der Waals surface area contributed by atoms with E-state index in [0.29, 0.717) is 33.3 Å². The number of allylic oxidation sites excluding steroid dienone is 1. The Kier molecular flexibility index (Phi) is 5.28. The summed E-state index contributed by atoms with van der Waals surface area (Å²) in [5.41, 5.74) is 2.77. The second-order valence-electron chi connectivity index (χ2n) is 6.22. The van der Waals surface area contributed by atoms with Gasteiger partial charge in [-0.25, -0.2) is 0 Å². The lowest BCUT2D eigenvalue weighted by Crippen LogP contribution is -2.22. The lowest BCUT2D eigenvalue weighted by Gasteiger charge is -2.23. The topological polar surface area (TPSA) is 49.8 Å². The zero-order valence-electron chi connectivity index (χ0n) is 14.5. The van der Waals surface area contributed by atoms with Crippen LogP contribution in [0.15, 0.2) is 43.0 Å². The Bertz CT molecular complexity index is 882. The van der Waals surface area contributed by atoms with E-state index in [1.807, 2.05) is 12.1 Å². The standard InChI is InChI=1S/C20H19Cl2NO3/c1-4-5-13(11-6-7-16(21)17(22)8-11)14-9-12(26-3)10-15-18(14)20(25)23(2)19(15)24/h4,6-10,13,20,25H,1,5H2,2-3H3. The first kappa shape index (κ1) is 18.8. The predicted molar refractivity (Wildman–Crippen MR) is 103 cm³/mol. The predicted octanol–water partition coefficient (Wildman–Crippen LogP) is 4.79. The van der Waals surface area contributed by atoms with E-state index >= 15 is 0 Å². The minimum absolute atomic E-state index is 0.153. The Morgan fingerprint density at radius 2 is 2.04 bits per heavy atom. The van der Waals surface area contributed by atoms with Crippen LogP contribution in [0.25, 0.3) is 0 Å². The summed E-state index contributed by atoms with van der Waals surface area (Å²) in [5.74, 6) is 0.169. The second-order valence-corrected chi connectivity index (χ2v) is 7.03. The molecule has 2 atom stereocenters. The van der Waals surface area contributed by atoms with E-state index < -0.39 is 6.23 Å². The number of carbonyl (C=O) groups is 1. The first-order chi connectivity index (χ1) is 12.4. The van der Waals surface area contributed by atoms with Gasteiger partial charge in [-0.3, -0.25) is 4.79 Å². The highest BCUT2D eigenvalue weighted by Crippen LogP contribution is 2.43. The molecule has 4 nitrogen and oxygen atoms in total. The molecule has 2 unspecified atom stereocenters. The van der Waals surface area contributed by atoms with Gasteiger partial charge in [-0.2, -0.15) is 0 Å². The van der Waals surface area contributed by atoms with E-state index in [1.165, 1.54) is 4.90 Å². The van der Waals surface area contributed by atoms with Gasteiger partial charge in [0.05, 0.1) is 22.7 Å². The number of nitrogens with zero attached hydrogens (tertiary/aromatic N) is 1. The number of hydrogen-bond donors (Lipinski definition) is 1. The van der Waals surface area contributed by atoms with Gasteiger partial charge < -0.3 is 14.7 Å². The van der Waals surface area contributed by atoms with Gasteiger partial charge >= 0.3 is 0 Å². The fraction of sp³-hybridized carbons (Fsp3) is 0.250. The second kappa shape index (κ2) is 7.31. The smallest absolute Gasteiger partial charge is 0.256 e. The van der Waals surface area contributed by atoms with Crippen molar-refractivity contribution in [1.29, 1.82) is 0 Å². The van der Waals surface area contributed by atoms with E-state index in [1.54, 1.807) is 38.4 Å². The molecule has 26 heavy (non-hydrogen) atoms. The summed E-state index contributed by atoms with van der Waals surface area (Å²) in [7, 11) is 3.12. The monoisotopic (exact) mass is 391 g/mol. The van der Waals surface area contributed by atoms with E-state index in [9.17, 15) is 9.90 Å². The van der Waals surface area contributed by atoms with Crippen LogP contribution in [0.2, 0.25) is 10.0 Å². The van der Waals surface area contributed by atoms with E-state index in [2.05, 4.69) is 6.58 Å². The molecule has 136 valence electrons. The summed E-state index contributed by atoms with van der Waals surface area (Å²) in [4.78, 5) is 13.8. The van der Waals surface area contributed by atoms with E-state index in [-0.39, 0.29) is 11.8 Å². The summed E-state index contributed by atoms with van der Waals surface area (Å²) in [6.45, 7) is 3.85. The van der Waals surface area contributed by atoms with Crippen LogP contribution in [0.1, 0.15) is 45.6 Å². The van der Waals surface area contributed by atoms with E-state index in [4.69, 9.17) is 27.9 Å². The van der Waals surface area contributed by atoms with Gasteiger partial charge in [-0.1, -0.05) is 35.3 Å². The number of methoxy groups -OCH3 is 1. The first-order valence-electron chi connectivity index (χ1n) is 8.12. The summed E-state index contributed by atoms with van der Waals surface area (Å²) in [6, 6.07) is 8.94. The Hall–Kier alpha value is -2.01. The summed E-state index contributed by atoms with van der Waals surface area (Å²) >= 11 is 12.3. The van der Waals surface area contributed by atoms with Crippen LogP contribution in [0.3, 0.4) is 0 Å². The molecule has 0 saturated carbocycles. The maximum atomic E-state index is 12.5. The third-order valence-electron chi connectivity index (χ3n) is 4.72. The fourth-order valence-corrected chi connectivity index (χ4v) is 3.66. The molecule has 1 heterocycles. The molecule has 2 aromatic rings. The average molecular weight is 392 g/mol. The molecule has 0 fully saturated rings. The fourth-order valence-electron chi connectivity index (χ4n) is 3.35. The van der Waals surface area contributed by atoms with Crippen LogP contribution in [-0.2, 0) is 0 Å². The quantitative estimate of drug-likeness (QED) is 0.745. The lowest BCUT2D eigenvalue weighted by atomic mass is 9.84. The minimum Gasteiger partial charge on any atom is -0.497 e. The highest BCUT2D eigenvalue weighted by molar-refractivity contribution is 6.42. The zero-order chi connectivity index (χ0) is 19.0. The molecular weight excluding hydrogens is 373 g/mol. The molecule has 0 spiro atoms. The number of hydrogen-bond acceptors (Lipinski definition) is 3. The Morgan fingerprint density at radius 1 is 1.31 bits per heavy atom. The van der Waals surface area contributed by atoms with Gasteiger partial charge in [0.15, 0.2) is 6.23 Å². The minimum atomic E-state index is -1.01. The first-order valence-corrected chi connectivity index (χ1v) is 8.87. The third-order valence-corrected chi connectivity index (χ3v) is 5.46. The van der Waals surface area contributed by atoms with Crippen LogP contribution < -0.4 is 4.74 Å². The third kappa shape index (κ3) is 3.09. The van der Waals surface area contributed by atoms with E-state index in [0.717, 1.165) is 11.1 Å². The molecule has 0 aromatic heterocycles. The SMILES string of the molecule is C=CCC(c1ccc(Cl)c(Cl)c1)c1cc(OC)cc2c1C(O)N(C)C2=O. The Balaban J connectivity index is 2.23. The normalized spacial score (nSPS) is 17.2. The van der Waals surface area contributed by atoms with Crippen molar-refractivity contribution in [2.24, 2.45) is 0 Å². The molecular formula is C20H19Cl2NO3. The van der Waals surface area contributed by atoms with Crippen LogP contribution in [0.4, 0.5) is 0 Å². The van der Waals surface area contributed by atoms with Crippen molar-refractivity contribution in [2.75, 3.05) is 14.2 Å². The van der Waals surface area contributed by atoms with Crippen molar-refractivity contribution in [3.05, 3.63) is 75.3 Å². The van der Waals surface area contributed by atoms with Gasteiger partial charge in [0, 0.05) is 18.5 Å². The number of rotatable bonds is 5. The van der Waals surface area contributed by atoms with Crippen molar-refractivity contribution in [3.63, 3.8) is 0 Å². The Morgan fingerprint density at radius 3 is 2.65 bits per heavy atom. The molecule has 0 bridgehead atoms. The van der Waals surface area contributed by atoms with Gasteiger partial charge in [0.2, 0.25) is 0 Å². The molecule has 0 saturated heterocycles. The van der Waals surface area contributed by atoms with Crippen molar-refractivity contribution in [2.45, 2.75) is 18.6 Å². The molecule has 0 radical (unpaired) electrons. The molecule has 0 aliphatic carbocycles. The van der Waals surface area contributed by atoms with Gasteiger partial charge in [0.1, 0.15) is 5.75 Å². The number of aliphatic hydroxyl groups is 1. The largest absolute Gasteiger partial charge is 0.497 e. The number of benzene rings is 2. The van der Waals surface area contributed by atoms with Gasteiger partial charge in [-0.05, 0) is 41.8 Å². The lowest BCUT2D eigenvalue weighted by molar-refractivity contribution is 0.0298. The van der Waals surface area contributed by atoms with Crippen LogP contribution >= 0.6 is 23.2 Å². The van der Waals surface area contributed by atoms with Crippen molar-refractivity contribution in [1.82, 2.24) is 4.90 Å². The van der Waals surface area contributed by atoms with Gasteiger partial charge in [0.25, 0.3) is 5.91 Å². The maximum Gasteiger partial charge on any atom is 0.256 e. The number of halogens is 2. The molecule has 3 rings (SSSR count). The summed E-state index contributed by atoms with van der Waals surface area (Å²) < 4.78 is 5.38. The number of fused-ring (bicyclic) bond motifs is 1. The van der Waals surface area contributed by atoms with Gasteiger partial charge in [-0.15, -0.1) is 6.58 Å². The van der Waals surface area contributed by atoms with Crippen molar-refractivity contribution < 1.29 is 14.6 Å².